The highest BCUT2D eigenvalue weighted by Gasteiger charge is 2.23. The molecule has 98 valence electrons. The third-order valence-corrected chi connectivity index (χ3v) is 2.25. The van der Waals surface area contributed by atoms with Crippen LogP contribution in [0.15, 0.2) is 24.3 Å². The summed E-state index contributed by atoms with van der Waals surface area (Å²) in [7, 11) is 0. The van der Waals surface area contributed by atoms with Gasteiger partial charge in [-0.05, 0) is 39.8 Å². The summed E-state index contributed by atoms with van der Waals surface area (Å²) in [5, 5.41) is 0. The first-order valence-electron chi connectivity index (χ1n) is 5.72. The second-order valence-corrected chi connectivity index (χ2v) is 5.10. The lowest BCUT2D eigenvalue weighted by molar-refractivity contribution is -0.161. The van der Waals surface area contributed by atoms with Crippen LogP contribution in [-0.4, -0.2) is 18.7 Å². The summed E-state index contributed by atoms with van der Waals surface area (Å²) >= 11 is 0. The minimum Gasteiger partial charge on any atom is -0.427 e. The average Bonchev–Trinajstić information content (AvgIpc) is 2.27. The Balaban J connectivity index is 2.46. The van der Waals surface area contributed by atoms with Gasteiger partial charge in [0, 0.05) is 0 Å². The van der Waals surface area contributed by atoms with Gasteiger partial charge in [-0.3, -0.25) is 4.79 Å². The largest absolute Gasteiger partial charge is 0.427 e. The van der Waals surface area contributed by atoms with Gasteiger partial charge in [0.25, 0.3) is 0 Å². The van der Waals surface area contributed by atoms with E-state index in [-0.39, 0.29) is 6.79 Å². The topological polar surface area (TPSA) is 52.6 Å². The Kier molecular flexibility index (Phi) is 4.48. The zero-order valence-corrected chi connectivity index (χ0v) is 11.1. The van der Waals surface area contributed by atoms with Gasteiger partial charge in [-0.15, -0.1) is 0 Å². The van der Waals surface area contributed by atoms with E-state index in [0.717, 1.165) is 5.56 Å². The van der Waals surface area contributed by atoms with E-state index in [1.807, 2.05) is 13.0 Å². The SMILES string of the molecule is Cc1cccc(C(=O)OCOC(=O)C(C)(C)C)c1. The van der Waals surface area contributed by atoms with Crippen molar-refractivity contribution in [2.75, 3.05) is 6.79 Å². The second kappa shape index (κ2) is 5.67. The van der Waals surface area contributed by atoms with Gasteiger partial charge in [-0.1, -0.05) is 17.7 Å². The number of hydrogen-bond donors (Lipinski definition) is 0. The molecule has 0 amide bonds. The lowest BCUT2D eigenvalue weighted by atomic mass is 9.98. The second-order valence-electron chi connectivity index (χ2n) is 5.10. The Labute approximate surface area is 107 Å². The van der Waals surface area contributed by atoms with Gasteiger partial charge in [0.2, 0.25) is 6.79 Å². The fourth-order valence-corrected chi connectivity index (χ4v) is 1.21. The van der Waals surface area contributed by atoms with E-state index in [1.165, 1.54) is 0 Å². The first-order valence-corrected chi connectivity index (χ1v) is 5.72. The standard InChI is InChI=1S/C14H18O4/c1-10-6-5-7-11(8-10)12(15)17-9-18-13(16)14(2,3)4/h5-8H,9H2,1-4H3. The van der Waals surface area contributed by atoms with Crippen LogP contribution in [0, 0.1) is 12.3 Å². The summed E-state index contributed by atoms with van der Waals surface area (Å²) < 4.78 is 9.71. The molecule has 1 rings (SSSR count). The van der Waals surface area contributed by atoms with Crippen molar-refractivity contribution in [3.05, 3.63) is 35.4 Å². The molecule has 0 bridgehead atoms. The first kappa shape index (κ1) is 14.2. The van der Waals surface area contributed by atoms with Crippen molar-refractivity contribution in [3.63, 3.8) is 0 Å². The van der Waals surface area contributed by atoms with E-state index < -0.39 is 17.4 Å². The molecule has 0 saturated carbocycles. The summed E-state index contributed by atoms with van der Waals surface area (Å²) in [6.45, 7) is 6.73. The molecule has 0 aromatic heterocycles. The molecule has 0 aliphatic carbocycles. The van der Waals surface area contributed by atoms with Crippen molar-refractivity contribution in [1.82, 2.24) is 0 Å². The molecular weight excluding hydrogens is 232 g/mol. The predicted octanol–water partition coefficient (Wildman–Crippen LogP) is 2.70. The zero-order valence-electron chi connectivity index (χ0n) is 11.1. The highest BCUT2D eigenvalue weighted by atomic mass is 16.7. The molecule has 0 spiro atoms. The summed E-state index contributed by atoms with van der Waals surface area (Å²) in [5.74, 6) is -0.903. The Morgan fingerprint density at radius 2 is 1.83 bits per heavy atom. The van der Waals surface area contributed by atoms with Gasteiger partial charge in [0.1, 0.15) is 0 Å². The molecule has 0 radical (unpaired) electrons. The van der Waals surface area contributed by atoms with Gasteiger partial charge < -0.3 is 9.47 Å². The summed E-state index contributed by atoms with van der Waals surface area (Å²) in [4.78, 5) is 23.0. The van der Waals surface area contributed by atoms with Crippen LogP contribution < -0.4 is 0 Å². The Bertz CT molecular complexity index is 443. The monoisotopic (exact) mass is 250 g/mol. The van der Waals surface area contributed by atoms with Crippen LogP contribution in [0.1, 0.15) is 36.7 Å². The van der Waals surface area contributed by atoms with Crippen molar-refractivity contribution in [2.45, 2.75) is 27.7 Å². The Hall–Kier alpha value is -1.84. The third-order valence-electron chi connectivity index (χ3n) is 2.25. The highest BCUT2D eigenvalue weighted by molar-refractivity contribution is 5.89. The van der Waals surface area contributed by atoms with Gasteiger partial charge in [-0.2, -0.15) is 0 Å². The molecule has 0 atom stereocenters. The van der Waals surface area contributed by atoms with Crippen LogP contribution in [0.2, 0.25) is 0 Å². The van der Waals surface area contributed by atoms with Gasteiger partial charge in [0.15, 0.2) is 0 Å². The van der Waals surface area contributed by atoms with E-state index in [4.69, 9.17) is 9.47 Å². The van der Waals surface area contributed by atoms with E-state index in [9.17, 15) is 9.59 Å². The van der Waals surface area contributed by atoms with Crippen LogP contribution >= 0.6 is 0 Å². The highest BCUT2D eigenvalue weighted by Crippen LogP contribution is 2.15. The van der Waals surface area contributed by atoms with Crippen molar-refractivity contribution < 1.29 is 19.1 Å². The van der Waals surface area contributed by atoms with Gasteiger partial charge >= 0.3 is 11.9 Å². The fourth-order valence-electron chi connectivity index (χ4n) is 1.21. The number of benzene rings is 1. The quantitative estimate of drug-likeness (QED) is 0.611. The molecule has 4 nitrogen and oxygen atoms in total. The van der Waals surface area contributed by atoms with Gasteiger partial charge in [0.05, 0.1) is 11.0 Å². The molecule has 0 aliphatic rings. The normalized spacial score (nSPS) is 10.9. The minimum absolute atomic E-state index is 0.358. The molecule has 0 unspecified atom stereocenters. The number of ether oxygens (including phenoxy) is 2. The number of aryl methyl sites for hydroxylation is 1. The fraction of sp³-hybridized carbons (Fsp3) is 0.429. The molecular formula is C14H18O4. The zero-order chi connectivity index (χ0) is 13.8. The lowest BCUT2D eigenvalue weighted by Gasteiger charge is -2.16. The molecule has 0 fully saturated rings. The molecule has 0 heterocycles. The van der Waals surface area contributed by atoms with Crippen molar-refractivity contribution in [1.29, 1.82) is 0 Å². The number of esters is 2. The van der Waals surface area contributed by atoms with E-state index >= 15 is 0 Å². The maximum Gasteiger partial charge on any atom is 0.341 e. The summed E-state index contributed by atoms with van der Waals surface area (Å²) in [5.41, 5.74) is 0.813. The molecule has 1 aromatic rings. The van der Waals surface area contributed by atoms with Crippen LogP contribution in [0.25, 0.3) is 0 Å². The first-order chi connectivity index (χ1) is 8.30. The number of rotatable bonds is 3. The number of hydrogen-bond acceptors (Lipinski definition) is 4. The van der Waals surface area contributed by atoms with E-state index in [1.54, 1.807) is 39.0 Å². The molecule has 1 aromatic carbocycles. The maximum absolute atomic E-state index is 11.6. The van der Waals surface area contributed by atoms with Crippen molar-refractivity contribution in [3.8, 4) is 0 Å². The molecule has 0 saturated heterocycles. The minimum atomic E-state index is -0.601. The Morgan fingerprint density at radius 1 is 1.17 bits per heavy atom. The smallest absolute Gasteiger partial charge is 0.341 e. The third kappa shape index (κ3) is 4.20. The van der Waals surface area contributed by atoms with Gasteiger partial charge in [-0.25, -0.2) is 4.79 Å². The van der Waals surface area contributed by atoms with E-state index in [0.29, 0.717) is 5.56 Å². The molecule has 0 N–H and O–H groups in total. The molecule has 4 heteroatoms. The summed E-state index contributed by atoms with van der Waals surface area (Å²) in [6, 6.07) is 7.03. The number of carbonyl (C=O) groups is 2. The van der Waals surface area contributed by atoms with Crippen molar-refractivity contribution >= 4 is 11.9 Å². The number of carbonyl (C=O) groups excluding carboxylic acids is 2. The van der Waals surface area contributed by atoms with Crippen LogP contribution in [0.5, 0.6) is 0 Å². The van der Waals surface area contributed by atoms with Crippen LogP contribution in [0.4, 0.5) is 0 Å². The molecule has 18 heavy (non-hydrogen) atoms. The summed E-state index contributed by atoms with van der Waals surface area (Å²) in [6.07, 6.45) is 0. The average molecular weight is 250 g/mol. The van der Waals surface area contributed by atoms with Crippen LogP contribution in [0.3, 0.4) is 0 Å². The lowest BCUT2D eigenvalue weighted by Crippen LogP contribution is -2.24. The maximum atomic E-state index is 11.6. The van der Waals surface area contributed by atoms with Crippen molar-refractivity contribution in [2.24, 2.45) is 5.41 Å². The predicted molar refractivity (Wildman–Crippen MR) is 67.0 cm³/mol. The Morgan fingerprint density at radius 3 is 2.39 bits per heavy atom. The van der Waals surface area contributed by atoms with E-state index in [2.05, 4.69) is 0 Å². The van der Waals surface area contributed by atoms with Crippen LogP contribution in [-0.2, 0) is 14.3 Å². The molecule has 0 aliphatic heterocycles.